The Kier molecular flexibility index (Phi) is 5.55. The molecule has 0 aliphatic rings. The van der Waals surface area contributed by atoms with Crippen LogP contribution in [-0.2, 0) is 4.79 Å². The number of rotatable bonds is 5. The number of thioether (sulfide) groups is 1. The average molecular weight is 389 g/mol. The van der Waals surface area contributed by atoms with Crippen molar-refractivity contribution in [2.24, 2.45) is 0 Å². The van der Waals surface area contributed by atoms with Crippen molar-refractivity contribution in [2.75, 3.05) is 5.32 Å². The number of aryl methyl sites for hydroxylation is 2. The monoisotopic (exact) mass is 389 g/mol. The summed E-state index contributed by atoms with van der Waals surface area (Å²) in [7, 11) is 0. The van der Waals surface area contributed by atoms with Crippen LogP contribution in [0.2, 0.25) is 0 Å². The lowest BCUT2D eigenvalue weighted by molar-refractivity contribution is -0.115. The van der Waals surface area contributed by atoms with Gasteiger partial charge in [0.15, 0.2) is 0 Å². The topological polar surface area (TPSA) is 68.0 Å². The van der Waals surface area contributed by atoms with Gasteiger partial charge in [-0.15, -0.1) is 10.2 Å². The van der Waals surface area contributed by atoms with Crippen LogP contribution < -0.4 is 5.32 Å². The smallest absolute Gasteiger partial charge is 0.277 e. The molecule has 2 aromatic carbocycles. The Hall–Kier alpha value is -2.74. The van der Waals surface area contributed by atoms with Crippen molar-refractivity contribution >= 4 is 23.4 Å². The molecule has 0 bridgehead atoms. The quantitative estimate of drug-likeness (QED) is 0.638. The second-order valence-electron chi connectivity index (χ2n) is 6.05. The zero-order chi connectivity index (χ0) is 19.6. The van der Waals surface area contributed by atoms with Crippen molar-refractivity contribution in [1.82, 2.24) is 10.2 Å². The second kappa shape index (κ2) is 7.87. The van der Waals surface area contributed by atoms with E-state index in [-0.39, 0.29) is 10.9 Å². The molecule has 3 rings (SSSR count). The molecule has 8 heteroatoms. The van der Waals surface area contributed by atoms with Gasteiger partial charge >= 0.3 is 0 Å². The van der Waals surface area contributed by atoms with Gasteiger partial charge in [0.05, 0.1) is 10.9 Å². The van der Waals surface area contributed by atoms with E-state index in [0.29, 0.717) is 5.89 Å². The average Bonchev–Trinajstić information content (AvgIpc) is 3.09. The van der Waals surface area contributed by atoms with Crippen LogP contribution in [0.3, 0.4) is 0 Å². The maximum absolute atomic E-state index is 13.6. The lowest BCUT2D eigenvalue weighted by Crippen LogP contribution is -2.23. The third kappa shape index (κ3) is 4.51. The van der Waals surface area contributed by atoms with Crippen LogP contribution >= 0.6 is 11.8 Å². The normalized spacial score (nSPS) is 12.0. The zero-order valence-electron chi connectivity index (χ0n) is 14.9. The number of hydrogen-bond acceptors (Lipinski definition) is 5. The van der Waals surface area contributed by atoms with Gasteiger partial charge in [-0.2, -0.15) is 0 Å². The molecule has 1 amide bonds. The van der Waals surface area contributed by atoms with E-state index in [1.165, 1.54) is 0 Å². The summed E-state index contributed by atoms with van der Waals surface area (Å²) in [5, 5.41) is 9.86. The number of amides is 1. The molecule has 0 unspecified atom stereocenters. The minimum atomic E-state index is -0.711. The molecule has 0 saturated carbocycles. The number of hydrogen-bond donors (Lipinski definition) is 1. The molecule has 140 valence electrons. The highest BCUT2D eigenvalue weighted by atomic mass is 32.2. The minimum Gasteiger partial charge on any atom is -0.411 e. The third-order valence-corrected chi connectivity index (χ3v) is 4.93. The number of anilines is 1. The molecule has 0 spiro atoms. The first-order valence-electron chi connectivity index (χ1n) is 8.17. The summed E-state index contributed by atoms with van der Waals surface area (Å²) in [6.45, 7) is 5.61. The molecule has 0 radical (unpaired) electrons. The SMILES string of the molecule is Cc1ccc(-c2nnc(S[C@H](C)C(=O)Nc3cc(F)ccc3F)o2)cc1C. The second-order valence-corrected chi connectivity index (χ2v) is 7.34. The Bertz CT molecular complexity index is 991. The van der Waals surface area contributed by atoms with Gasteiger partial charge < -0.3 is 9.73 Å². The molecule has 1 aromatic heterocycles. The molecule has 0 fully saturated rings. The van der Waals surface area contributed by atoms with E-state index < -0.39 is 22.8 Å². The van der Waals surface area contributed by atoms with Crippen molar-refractivity contribution in [3.05, 3.63) is 59.2 Å². The van der Waals surface area contributed by atoms with Crippen molar-refractivity contribution in [2.45, 2.75) is 31.2 Å². The maximum Gasteiger partial charge on any atom is 0.277 e. The Balaban J connectivity index is 1.68. The largest absolute Gasteiger partial charge is 0.411 e. The van der Waals surface area contributed by atoms with Crippen molar-refractivity contribution in [3.8, 4) is 11.5 Å². The number of nitrogens with zero attached hydrogens (tertiary/aromatic N) is 2. The van der Waals surface area contributed by atoms with Crippen LogP contribution in [-0.4, -0.2) is 21.4 Å². The van der Waals surface area contributed by atoms with E-state index in [1.54, 1.807) is 6.92 Å². The highest BCUT2D eigenvalue weighted by molar-refractivity contribution is 8.00. The Labute approximate surface area is 159 Å². The van der Waals surface area contributed by atoms with Gasteiger partial charge in [0.1, 0.15) is 11.6 Å². The van der Waals surface area contributed by atoms with Gasteiger partial charge in [-0.1, -0.05) is 17.8 Å². The molecule has 1 N–H and O–H groups in total. The van der Waals surface area contributed by atoms with Gasteiger partial charge in [-0.05, 0) is 56.2 Å². The van der Waals surface area contributed by atoms with Gasteiger partial charge in [-0.25, -0.2) is 8.78 Å². The van der Waals surface area contributed by atoms with Crippen LogP contribution in [0.5, 0.6) is 0 Å². The van der Waals surface area contributed by atoms with Gasteiger partial charge in [0.25, 0.3) is 5.22 Å². The van der Waals surface area contributed by atoms with Crippen LogP contribution in [0, 0.1) is 25.5 Å². The summed E-state index contributed by atoms with van der Waals surface area (Å²) < 4.78 is 32.5. The maximum atomic E-state index is 13.6. The number of benzene rings is 2. The fourth-order valence-electron chi connectivity index (χ4n) is 2.28. The number of halogens is 2. The Morgan fingerprint density at radius 3 is 2.63 bits per heavy atom. The highest BCUT2D eigenvalue weighted by Gasteiger charge is 2.20. The number of aromatic nitrogens is 2. The molecular weight excluding hydrogens is 372 g/mol. The standard InChI is InChI=1S/C19H17F2N3O2S/c1-10-4-5-13(8-11(10)2)18-23-24-19(26-18)27-12(3)17(25)22-16-9-14(20)6-7-15(16)21/h4-9,12H,1-3H3,(H,22,25)/t12-/m1/s1. The fraction of sp³-hybridized carbons (Fsp3) is 0.211. The first kappa shape index (κ1) is 19.0. The predicted octanol–water partition coefficient (Wildman–Crippen LogP) is 4.75. The highest BCUT2D eigenvalue weighted by Crippen LogP contribution is 2.28. The molecule has 1 atom stereocenters. The molecule has 27 heavy (non-hydrogen) atoms. The fourth-order valence-corrected chi connectivity index (χ4v) is 2.96. The van der Waals surface area contributed by atoms with Gasteiger partial charge in [-0.3, -0.25) is 4.79 Å². The van der Waals surface area contributed by atoms with E-state index in [4.69, 9.17) is 4.42 Å². The predicted molar refractivity (Wildman–Crippen MR) is 99.5 cm³/mol. The third-order valence-electron chi connectivity index (χ3n) is 3.99. The molecule has 3 aromatic rings. The van der Waals surface area contributed by atoms with Crippen LogP contribution in [0.4, 0.5) is 14.5 Å². The van der Waals surface area contributed by atoms with Crippen LogP contribution in [0.25, 0.3) is 11.5 Å². The summed E-state index contributed by atoms with van der Waals surface area (Å²) in [5.41, 5.74) is 2.83. The van der Waals surface area contributed by atoms with Gasteiger partial charge in [0, 0.05) is 11.6 Å². The van der Waals surface area contributed by atoms with E-state index in [0.717, 1.165) is 46.7 Å². The van der Waals surface area contributed by atoms with Crippen LogP contribution in [0.15, 0.2) is 46.0 Å². The molecular formula is C19H17F2N3O2S. The van der Waals surface area contributed by atoms with Crippen molar-refractivity contribution in [3.63, 3.8) is 0 Å². The van der Waals surface area contributed by atoms with Crippen LogP contribution in [0.1, 0.15) is 18.1 Å². The summed E-state index contributed by atoms with van der Waals surface area (Å²) >= 11 is 1.04. The minimum absolute atomic E-state index is 0.214. The first-order valence-corrected chi connectivity index (χ1v) is 9.05. The van der Waals surface area contributed by atoms with E-state index in [1.807, 2.05) is 32.0 Å². The lowest BCUT2D eigenvalue weighted by atomic mass is 10.1. The number of carbonyl (C=O) groups excluding carboxylic acids is 1. The molecule has 0 saturated heterocycles. The van der Waals surface area contributed by atoms with Crippen molar-refractivity contribution in [1.29, 1.82) is 0 Å². The summed E-state index contributed by atoms with van der Waals surface area (Å²) in [6, 6.07) is 8.65. The van der Waals surface area contributed by atoms with Gasteiger partial charge in [0.2, 0.25) is 11.8 Å². The molecule has 5 nitrogen and oxygen atoms in total. The molecule has 0 aliphatic carbocycles. The number of carbonyl (C=O) groups is 1. The zero-order valence-corrected chi connectivity index (χ0v) is 15.7. The molecule has 0 aliphatic heterocycles. The van der Waals surface area contributed by atoms with Crippen molar-refractivity contribution < 1.29 is 18.0 Å². The molecule has 1 heterocycles. The summed E-state index contributed by atoms with van der Waals surface area (Å²) in [4.78, 5) is 12.2. The first-order chi connectivity index (χ1) is 12.8. The Morgan fingerprint density at radius 2 is 1.89 bits per heavy atom. The van der Waals surface area contributed by atoms with E-state index in [9.17, 15) is 13.6 Å². The van der Waals surface area contributed by atoms with E-state index in [2.05, 4.69) is 15.5 Å². The summed E-state index contributed by atoms with van der Waals surface area (Å²) in [5.74, 6) is -1.50. The summed E-state index contributed by atoms with van der Waals surface area (Å²) in [6.07, 6.45) is 0. The Morgan fingerprint density at radius 1 is 1.11 bits per heavy atom. The van der Waals surface area contributed by atoms with E-state index >= 15 is 0 Å². The lowest BCUT2D eigenvalue weighted by Gasteiger charge is -2.10. The number of nitrogens with one attached hydrogen (secondary N) is 1.